The van der Waals surface area contributed by atoms with E-state index in [2.05, 4.69) is 36.4 Å². The van der Waals surface area contributed by atoms with E-state index in [4.69, 9.17) is 10.7 Å². The fraction of sp³-hybridized carbons (Fsp3) is 0.438. The number of nitrogens with zero attached hydrogens (tertiary/aromatic N) is 2. The van der Waals surface area contributed by atoms with Crippen molar-refractivity contribution in [2.45, 2.75) is 32.2 Å². The van der Waals surface area contributed by atoms with Crippen molar-refractivity contribution in [3.63, 3.8) is 0 Å². The monoisotopic (exact) mass is 289 g/mol. The normalized spacial score (nSPS) is 12.3. The van der Waals surface area contributed by atoms with Gasteiger partial charge in [-0.25, -0.2) is 4.98 Å². The minimum atomic E-state index is 0.0205. The predicted octanol–water partition coefficient (Wildman–Crippen LogP) is 3.62. The Balaban J connectivity index is 1.95. The molecular weight excluding hydrogens is 266 g/mol. The first kappa shape index (κ1) is 15.0. The summed E-state index contributed by atoms with van der Waals surface area (Å²) < 4.78 is 0. The summed E-state index contributed by atoms with van der Waals surface area (Å²) in [5.41, 5.74) is 8.50. The molecule has 20 heavy (non-hydrogen) atoms. The SMILES string of the molecule is CCCCN(C)c1nc(CC(N)c2ccccc2)cs1. The highest BCUT2D eigenvalue weighted by molar-refractivity contribution is 7.13. The van der Waals surface area contributed by atoms with Crippen LogP contribution in [0.3, 0.4) is 0 Å². The van der Waals surface area contributed by atoms with Gasteiger partial charge >= 0.3 is 0 Å². The lowest BCUT2D eigenvalue weighted by molar-refractivity contribution is 0.707. The molecule has 2 rings (SSSR count). The van der Waals surface area contributed by atoms with Crippen molar-refractivity contribution < 1.29 is 0 Å². The number of benzene rings is 1. The zero-order valence-corrected chi connectivity index (χ0v) is 13.1. The maximum Gasteiger partial charge on any atom is 0.185 e. The first-order valence-corrected chi connectivity index (χ1v) is 8.04. The Morgan fingerprint density at radius 3 is 2.75 bits per heavy atom. The molecule has 0 saturated heterocycles. The van der Waals surface area contributed by atoms with Crippen LogP contribution in [0.4, 0.5) is 5.13 Å². The van der Waals surface area contributed by atoms with Gasteiger partial charge in [-0.2, -0.15) is 0 Å². The largest absolute Gasteiger partial charge is 0.351 e. The molecule has 4 heteroatoms. The summed E-state index contributed by atoms with van der Waals surface area (Å²) in [5.74, 6) is 0. The number of rotatable bonds is 7. The Labute approximate surface area is 125 Å². The predicted molar refractivity (Wildman–Crippen MR) is 87.4 cm³/mol. The Bertz CT molecular complexity index is 509. The average Bonchev–Trinajstić information content (AvgIpc) is 2.94. The topological polar surface area (TPSA) is 42.2 Å². The molecule has 0 spiro atoms. The van der Waals surface area contributed by atoms with E-state index in [-0.39, 0.29) is 6.04 Å². The number of aromatic nitrogens is 1. The summed E-state index contributed by atoms with van der Waals surface area (Å²) in [7, 11) is 2.11. The summed E-state index contributed by atoms with van der Waals surface area (Å²) in [4.78, 5) is 6.92. The van der Waals surface area contributed by atoms with Crippen molar-refractivity contribution in [3.8, 4) is 0 Å². The van der Waals surface area contributed by atoms with Crippen molar-refractivity contribution in [1.29, 1.82) is 0 Å². The highest BCUT2D eigenvalue weighted by Crippen LogP contribution is 2.23. The number of unbranched alkanes of at least 4 members (excludes halogenated alkanes) is 1. The van der Waals surface area contributed by atoms with Gasteiger partial charge in [0.25, 0.3) is 0 Å². The second-order valence-electron chi connectivity index (χ2n) is 5.12. The van der Waals surface area contributed by atoms with Gasteiger partial charge in [0, 0.05) is 31.4 Å². The molecule has 1 unspecified atom stereocenters. The van der Waals surface area contributed by atoms with Crippen LogP contribution in [0.5, 0.6) is 0 Å². The Kier molecular flexibility index (Phi) is 5.56. The van der Waals surface area contributed by atoms with Crippen LogP contribution < -0.4 is 10.6 Å². The third-order valence-electron chi connectivity index (χ3n) is 3.37. The van der Waals surface area contributed by atoms with E-state index in [1.54, 1.807) is 11.3 Å². The van der Waals surface area contributed by atoms with Crippen LogP contribution in [0.25, 0.3) is 0 Å². The molecule has 3 nitrogen and oxygen atoms in total. The molecule has 0 radical (unpaired) electrons. The smallest absolute Gasteiger partial charge is 0.185 e. The zero-order valence-electron chi connectivity index (χ0n) is 12.2. The summed E-state index contributed by atoms with van der Waals surface area (Å²) in [6, 6.07) is 10.2. The van der Waals surface area contributed by atoms with E-state index in [0.717, 1.165) is 23.8 Å². The average molecular weight is 289 g/mol. The Morgan fingerprint density at radius 2 is 2.05 bits per heavy atom. The summed E-state index contributed by atoms with van der Waals surface area (Å²) in [6.07, 6.45) is 3.21. The van der Waals surface area contributed by atoms with E-state index in [0.29, 0.717) is 0 Å². The minimum Gasteiger partial charge on any atom is -0.351 e. The molecule has 0 aliphatic carbocycles. The van der Waals surface area contributed by atoms with Gasteiger partial charge in [-0.3, -0.25) is 0 Å². The number of hydrogen-bond acceptors (Lipinski definition) is 4. The summed E-state index contributed by atoms with van der Waals surface area (Å²) in [6.45, 7) is 3.27. The molecular formula is C16H23N3S. The van der Waals surface area contributed by atoms with Crippen LogP contribution in [-0.4, -0.2) is 18.6 Å². The van der Waals surface area contributed by atoms with Gasteiger partial charge < -0.3 is 10.6 Å². The van der Waals surface area contributed by atoms with E-state index in [9.17, 15) is 0 Å². The van der Waals surface area contributed by atoms with Gasteiger partial charge in [-0.1, -0.05) is 43.7 Å². The lowest BCUT2D eigenvalue weighted by Gasteiger charge is -2.14. The van der Waals surface area contributed by atoms with E-state index in [1.807, 2.05) is 18.2 Å². The van der Waals surface area contributed by atoms with Crippen molar-refractivity contribution in [2.75, 3.05) is 18.5 Å². The number of hydrogen-bond donors (Lipinski definition) is 1. The summed E-state index contributed by atoms with van der Waals surface area (Å²) >= 11 is 1.70. The lowest BCUT2D eigenvalue weighted by atomic mass is 10.0. The van der Waals surface area contributed by atoms with Gasteiger partial charge in [0.1, 0.15) is 0 Å². The minimum absolute atomic E-state index is 0.0205. The van der Waals surface area contributed by atoms with Crippen LogP contribution in [0.2, 0.25) is 0 Å². The van der Waals surface area contributed by atoms with Crippen LogP contribution in [-0.2, 0) is 6.42 Å². The van der Waals surface area contributed by atoms with Crippen LogP contribution in [0.15, 0.2) is 35.7 Å². The quantitative estimate of drug-likeness (QED) is 0.846. The highest BCUT2D eigenvalue weighted by Gasteiger charge is 2.11. The van der Waals surface area contributed by atoms with E-state index in [1.165, 1.54) is 18.4 Å². The van der Waals surface area contributed by atoms with Crippen molar-refractivity contribution in [2.24, 2.45) is 5.73 Å². The fourth-order valence-corrected chi connectivity index (χ4v) is 2.93. The molecule has 0 fully saturated rings. The molecule has 108 valence electrons. The zero-order chi connectivity index (χ0) is 14.4. The van der Waals surface area contributed by atoms with Crippen LogP contribution >= 0.6 is 11.3 Å². The van der Waals surface area contributed by atoms with Gasteiger partial charge in [-0.15, -0.1) is 11.3 Å². The van der Waals surface area contributed by atoms with Crippen molar-refractivity contribution >= 4 is 16.5 Å². The third kappa shape index (κ3) is 4.05. The van der Waals surface area contributed by atoms with Crippen molar-refractivity contribution in [3.05, 3.63) is 47.0 Å². The van der Waals surface area contributed by atoms with Gasteiger partial charge in [0.15, 0.2) is 5.13 Å². The molecule has 0 amide bonds. The van der Waals surface area contributed by atoms with Gasteiger partial charge in [0.05, 0.1) is 5.69 Å². The maximum absolute atomic E-state index is 6.24. The number of nitrogens with two attached hydrogens (primary N) is 1. The molecule has 1 atom stereocenters. The lowest BCUT2D eigenvalue weighted by Crippen LogP contribution is -2.18. The first-order chi connectivity index (χ1) is 9.70. The molecule has 2 aromatic rings. The van der Waals surface area contributed by atoms with Gasteiger partial charge in [-0.05, 0) is 12.0 Å². The number of thiazole rings is 1. The molecule has 0 bridgehead atoms. The second kappa shape index (κ2) is 7.41. The number of anilines is 1. The maximum atomic E-state index is 6.24. The molecule has 1 aromatic heterocycles. The van der Waals surface area contributed by atoms with Crippen LogP contribution in [0.1, 0.15) is 37.1 Å². The Hall–Kier alpha value is -1.39. The molecule has 0 aliphatic rings. The molecule has 1 heterocycles. The van der Waals surface area contributed by atoms with Crippen molar-refractivity contribution in [1.82, 2.24) is 4.98 Å². The molecule has 1 aromatic carbocycles. The van der Waals surface area contributed by atoms with Gasteiger partial charge in [0.2, 0.25) is 0 Å². The molecule has 0 saturated carbocycles. The van der Waals surface area contributed by atoms with E-state index < -0.39 is 0 Å². The van der Waals surface area contributed by atoms with Crippen LogP contribution in [0, 0.1) is 0 Å². The van der Waals surface area contributed by atoms with E-state index >= 15 is 0 Å². The Morgan fingerprint density at radius 1 is 1.30 bits per heavy atom. The first-order valence-electron chi connectivity index (χ1n) is 7.16. The molecule has 2 N–H and O–H groups in total. The third-order valence-corrected chi connectivity index (χ3v) is 4.37. The second-order valence-corrected chi connectivity index (χ2v) is 5.95. The highest BCUT2D eigenvalue weighted by atomic mass is 32.1. The fourth-order valence-electron chi connectivity index (χ4n) is 2.10. The summed E-state index contributed by atoms with van der Waals surface area (Å²) in [5, 5.41) is 3.22. The standard InChI is InChI=1S/C16H23N3S/c1-3-4-10-19(2)16-18-14(12-20-16)11-15(17)13-8-6-5-7-9-13/h5-9,12,15H,3-4,10-11,17H2,1-2H3. The molecule has 0 aliphatic heterocycles.